The second-order valence-electron chi connectivity index (χ2n) is 5.34. The molecule has 0 aliphatic carbocycles. The highest BCUT2D eigenvalue weighted by Gasteiger charge is 2.09. The molecule has 106 valence electrons. The first-order valence-electron chi connectivity index (χ1n) is 7.33. The molecule has 0 aliphatic rings. The number of rotatable bonds is 4. The minimum atomic E-state index is 1.02. The van der Waals surface area contributed by atoms with Gasteiger partial charge in [0.1, 0.15) is 0 Å². The van der Waals surface area contributed by atoms with Crippen LogP contribution in [0.3, 0.4) is 0 Å². The molecule has 1 N–H and O–H groups in total. The van der Waals surface area contributed by atoms with E-state index in [4.69, 9.17) is 0 Å². The van der Waals surface area contributed by atoms with Crippen LogP contribution in [-0.4, -0.2) is 15.2 Å². The summed E-state index contributed by atoms with van der Waals surface area (Å²) >= 11 is 0. The van der Waals surface area contributed by atoms with E-state index in [1.807, 2.05) is 18.6 Å². The minimum Gasteiger partial charge on any atom is -0.285 e. The summed E-state index contributed by atoms with van der Waals surface area (Å²) < 4.78 is 0. The van der Waals surface area contributed by atoms with Gasteiger partial charge < -0.3 is 0 Å². The van der Waals surface area contributed by atoms with Gasteiger partial charge in [0.2, 0.25) is 0 Å². The number of pyridine rings is 1. The number of H-pyrrole nitrogens is 1. The van der Waals surface area contributed by atoms with E-state index in [9.17, 15) is 0 Å². The molecule has 21 heavy (non-hydrogen) atoms. The summed E-state index contributed by atoms with van der Waals surface area (Å²) in [7, 11) is 0. The lowest BCUT2D eigenvalue weighted by molar-refractivity contribution is 0.917. The van der Waals surface area contributed by atoms with E-state index >= 15 is 0 Å². The summed E-state index contributed by atoms with van der Waals surface area (Å²) in [5.74, 6) is 0. The van der Waals surface area contributed by atoms with Crippen molar-refractivity contribution in [3.63, 3.8) is 0 Å². The highest BCUT2D eigenvalue weighted by molar-refractivity contribution is 5.69. The monoisotopic (exact) mass is 277 g/mol. The maximum absolute atomic E-state index is 4.69. The summed E-state index contributed by atoms with van der Waals surface area (Å²) in [6.45, 7) is 4.31. The second-order valence-corrected chi connectivity index (χ2v) is 5.34. The van der Waals surface area contributed by atoms with Crippen LogP contribution in [0.25, 0.3) is 22.4 Å². The fourth-order valence-corrected chi connectivity index (χ4v) is 2.59. The van der Waals surface area contributed by atoms with E-state index in [-0.39, 0.29) is 0 Å². The number of aromatic amines is 1. The first-order chi connectivity index (χ1) is 10.3. The van der Waals surface area contributed by atoms with Crippen LogP contribution in [0.5, 0.6) is 0 Å². The maximum atomic E-state index is 4.69. The van der Waals surface area contributed by atoms with Gasteiger partial charge in [0.05, 0.1) is 11.9 Å². The van der Waals surface area contributed by atoms with Crippen LogP contribution >= 0.6 is 0 Å². The lowest BCUT2D eigenvalue weighted by atomic mass is 9.99. The molecule has 0 unspecified atom stereocenters. The lowest BCUT2D eigenvalue weighted by Crippen LogP contribution is -1.94. The highest BCUT2D eigenvalue weighted by Crippen LogP contribution is 2.27. The van der Waals surface area contributed by atoms with Gasteiger partial charge in [-0.3, -0.25) is 10.1 Å². The molecule has 0 aliphatic heterocycles. The normalized spacial score (nSPS) is 10.8. The Morgan fingerprint density at radius 3 is 2.67 bits per heavy atom. The molecule has 2 aromatic heterocycles. The van der Waals surface area contributed by atoms with Gasteiger partial charge in [-0.05, 0) is 30.5 Å². The van der Waals surface area contributed by atoms with Crippen molar-refractivity contribution in [1.82, 2.24) is 15.2 Å². The molecule has 0 bridgehead atoms. The molecule has 0 amide bonds. The Balaban J connectivity index is 2.07. The van der Waals surface area contributed by atoms with E-state index in [1.165, 1.54) is 22.3 Å². The van der Waals surface area contributed by atoms with Gasteiger partial charge in [0.25, 0.3) is 0 Å². The molecule has 3 aromatic rings. The summed E-state index contributed by atoms with van der Waals surface area (Å²) in [5.41, 5.74) is 7.02. The molecule has 0 saturated carbocycles. The molecule has 0 atom stereocenters. The number of aryl methyl sites for hydroxylation is 2. The molecule has 3 heteroatoms. The number of nitrogens with one attached hydrogen (secondary N) is 1. The van der Waals surface area contributed by atoms with Crippen molar-refractivity contribution in [2.75, 3.05) is 0 Å². The fourth-order valence-electron chi connectivity index (χ4n) is 2.59. The zero-order valence-electron chi connectivity index (χ0n) is 12.4. The number of benzene rings is 1. The van der Waals surface area contributed by atoms with Gasteiger partial charge in [-0.15, -0.1) is 0 Å². The van der Waals surface area contributed by atoms with E-state index in [2.05, 4.69) is 59.4 Å². The Hall–Kier alpha value is -2.42. The fraction of sp³-hybridized carbons (Fsp3) is 0.222. The van der Waals surface area contributed by atoms with Crippen LogP contribution in [0.4, 0.5) is 0 Å². The zero-order chi connectivity index (χ0) is 14.7. The van der Waals surface area contributed by atoms with Crippen LogP contribution in [0.2, 0.25) is 0 Å². The van der Waals surface area contributed by atoms with Crippen molar-refractivity contribution in [2.45, 2.75) is 26.7 Å². The van der Waals surface area contributed by atoms with Crippen LogP contribution in [0, 0.1) is 6.92 Å². The molecule has 3 rings (SSSR count). The number of hydrogen-bond acceptors (Lipinski definition) is 2. The van der Waals surface area contributed by atoms with Crippen molar-refractivity contribution in [3.8, 4) is 22.4 Å². The first-order valence-corrected chi connectivity index (χ1v) is 7.33. The van der Waals surface area contributed by atoms with Crippen LogP contribution in [0.15, 0.2) is 48.9 Å². The third-order valence-electron chi connectivity index (χ3n) is 3.61. The van der Waals surface area contributed by atoms with Gasteiger partial charge in [-0.25, -0.2) is 0 Å². The predicted octanol–water partition coefficient (Wildman–Crippen LogP) is 4.40. The topological polar surface area (TPSA) is 41.6 Å². The average molecular weight is 277 g/mol. The Bertz CT molecular complexity index is 730. The Labute approximate surface area is 125 Å². The molecule has 3 nitrogen and oxygen atoms in total. The van der Waals surface area contributed by atoms with E-state index in [0.29, 0.717) is 0 Å². The minimum absolute atomic E-state index is 1.02. The molecular weight excluding hydrogens is 258 g/mol. The largest absolute Gasteiger partial charge is 0.285 e. The second kappa shape index (κ2) is 5.92. The van der Waals surface area contributed by atoms with Crippen LogP contribution in [0.1, 0.15) is 24.5 Å². The van der Waals surface area contributed by atoms with Gasteiger partial charge in [-0.2, -0.15) is 5.10 Å². The molecule has 0 spiro atoms. The van der Waals surface area contributed by atoms with Crippen LogP contribution < -0.4 is 0 Å². The lowest BCUT2D eigenvalue weighted by Gasteiger charge is -2.10. The molecule has 0 saturated heterocycles. The Morgan fingerprint density at radius 1 is 1.05 bits per heavy atom. The number of hydrogen-bond donors (Lipinski definition) is 1. The average Bonchev–Trinajstić information content (AvgIpc) is 3.01. The quantitative estimate of drug-likeness (QED) is 0.768. The molecule has 2 heterocycles. The maximum Gasteiger partial charge on any atom is 0.0765 e. The zero-order valence-corrected chi connectivity index (χ0v) is 12.4. The van der Waals surface area contributed by atoms with Crippen molar-refractivity contribution in [1.29, 1.82) is 0 Å². The van der Waals surface area contributed by atoms with E-state index in [0.717, 1.165) is 24.1 Å². The summed E-state index contributed by atoms with van der Waals surface area (Å²) in [5, 5.41) is 6.89. The van der Waals surface area contributed by atoms with Crippen molar-refractivity contribution in [2.24, 2.45) is 0 Å². The molecular formula is C18H19N3. The highest BCUT2D eigenvalue weighted by atomic mass is 15.1. The third kappa shape index (κ3) is 2.87. The Kier molecular flexibility index (Phi) is 3.82. The SMILES string of the molecule is CCCc1cc(-c2cccc(C)c2)cnc1-c1cn[nH]c1. The van der Waals surface area contributed by atoms with Crippen LogP contribution in [-0.2, 0) is 6.42 Å². The number of aromatic nitrogens is 3. The van der Waals surface area contributed by atoms with Gasteiger partial charge >= 0.3 is 0 Å². The first kappa shape index (κ1) is 13.6. The third-order valence-corrected chi connectivity index (χ3v) is 3.61. The standard InChI is InChI=1S/C18H19N3/c1-3-5-15-9-16(14-7-4-6-13(2)8-14)10-19-18(15)17-11-20-21-12-17/h4,6-12H,3,5H2,1-2H3,(H,20,21). The van der Waals surface area contributed by atoms with E-state index < -0.39 is 0 Å². The van der Waals surface area contributed by atoms with Crippen molar-refractivity contribution >= 4 is 0 Å². The van der Waals surface area contributed by atoms with Gasteiger partial charge in [0.15, 0.2) is 0 Å². The van der Waals surface area contributed by atoms with Gasteiger partial charge in [0, 0.05) is 23.5 Å². The van der Waals surface area contributed by atoms with Crippen molar-refractivity contribution in [3.05, 3.63) is 60.0 Å². The molecule has 0 fully saturated rings. The summed E-state index contributed by atoms with van der Waals surface area (Å²) in [6, 6.07) is 10.8. The number of nitrogens with zero attached hydrogens (tertiary/aromatic N) is 2. The molecule has 0 radical (unpaired) electrons. The van der Waals surface area contributed by atoms with Crippen molar-refractivity contribution < 1.29 is 0 Å². The Morgan fingerprint density at radius 2 is 1.95 bits per heavy atom. The van der Waals surface area contributed by atoms with E-state index in [1.54, 1.807) is 0 Å². The summed E-state index contributed by atoms with van der Waals surface area (Å²) in [6.07, 6.45) is 7.80. The predicted molar refractivity (Wildman–Crippen MR) is 86.0 cm³/mol. The summed E-state index contributed by atoms with van der Waals surface area (Å²) in [4.78, 5) is 4.69. The van der Waals surface area contributed by atoms with Gasteiger partial charge in [-0.1, -0.05) is 43.2 Å². The smallest absolute Gasteiger partial charge is 0.0765 e. The molecule has 1 aromatic carbocycles.